The molecular formula is C19H33NO3Si. The molecule has 0 aromatic heterocycles. The Morgan fingerprint density at radius 2 is 1.83 bits per heavy atom. The summed E-state index contributed by atoms with van der Waals surface area (Å²) < 4.78 is 11.4. The Kier molecular flexibility index (Phi) is 8.13. The van der Waals surface area contributed by atoms with Crippen LogP contribution in [-0.4, -0.2) is 34.0 Å². The van der Waals surface area contributed by atoms with Crippen molar-refractivity contribution in [1.82, 2.24) is 5.32 Å². The van der Waals surface area contributed by atoms with Crippen molar-refractivity contribution in [2.45, 2.75) is 52.4 Å². The third-order valence-electron chi connectivity index (χ3n) is 4.63. The average molecular weight is 352 g/mol. The Bertz CT molecular complexity index is 497. The highest BCUT2D eigenvalue weighted by Crippen LogP contribution is 2.36. The molecule has 0 fully saturated rings. The third-order valence-corrected chi connectivity index (χ3v) is 9.13. The van der Waals surface area contributed by atoms with E-state index in [0.717, 1.165) is 6.54 Å². The van der Waals surface area contributed by atoms with E-state index in [0.29, 0.717) is 19.8 Å². The number of ether oxygens (including phenoxy) is 1. The first kappa shape index (κ1) is 20.9. The molecule has 1 rings (SSSR count). The largest absolute Gasteiger partial charge is 0.466 e. The SMILES string of the molecule is CCOC(=O)C(CNCc1ccccc1)CO[Si](C)(C)C(C)(C)C. The van der Waals surface area contributed by atoms with Gasteiger partial charge in [0.1, 0.15) is 0 Å². The molecule has 0 radical (unpaired) electrons. The number of benzene rings is 1. The maximum Gasteiger partial charge on any atom is 0.312 e. The van der Waals surface area contributed by atoms with E-state index >= 15 is 0 Å². The summed E-state index contributed by atoms with van der Waals surface area (Å²) >= 11 is 0. The molecule has 0 aliphatic carbocycles. The maximum absolute atomic E-state index is 12.2. The molecule has 0 saturated carbocycles. The zero-order valence-corrected chi connectivity index (χ0v) is 17.0. The Morgan fingerprint density at radius 3 is 2.38 bits per heavy atom. The van der Waals surface area contributed by atoms with Crippen LogP contribution < -0.4 is 5.32 Å². The van der Waals surface area contributed by atoms with Crippen LogP contribution in [0.5, 0.6) is 0 Å². The van der Waals surface area contributed by atoms with Crippen molar-refractivity contribution < 1.29 is 14.0 Å². The van der Waals surface area contributed by atoms with Crippen LogP contribution in [0.3, 0.4) is 0 Å². The first-order valence-corrected chi connectivity index (χ1v) is 11.6. The lowest BCUT2D eigenvalue weighted by atomic mass is 10.1. The van der Waals surface area contributed by atoms with Crippen LogP contribution >= 0.6 is 0 Å². The summed E-state index contributed by atoms with van der Waals surface area (Å²) in [7, 11) is -1.88. The molecule has 0 saturated heterocycles. The number of hydrogen-bond acceptors (Lipinski definition) is 4. The summed E-state index contributed by atoms with van der Waals surface area (Å²) in [4.78, 5) is 12.2. The Hall–Kier alpha value is -1.17. The third kappa shape index (κ3) is 6.75. The molecule has 0 bridgehead atoms. The fourth-order valence-electron chi connectivity index (χ4n) is 1.98. The van der Waals surface area contributed by atoms with Gasteiger partial charge in [0, 0.05) is 19.7 Å². The van der Waals surface area contributed by atoms with Crippen molar-refractivity contribution in [3.05, 3.63) is 35.9 Å². The smallest absolute Gasteiger partial charge is 0.312 e. The Labute approximate surface area is 148 Å². The molecule has 1 unspecified atom stereocenters. The minimum Gasteiger partial charge on any atom is -0.466 e. The monoisotopic (exact) mass is 351 g/mol. The van der Waals surface area contributed by atoms with Crippen LogP contribution in [0.25, 0.3) is 0 Å². The molecular weight excluding hydrogens is 318 g/mol. The minimum atomic E-state index is -1.88. The van der Waals surface area contributed by atoms with Gasteiger partial charge in [-0.15, -0.1) is 0 Å². The second-order valence-electron chi connectivity index (χ2n) is 7.64. The summed E-state index contributed by atoms with van der Waals surface area (Å²) in [6.45, 7) is 14.9. The van der Waals surface area contributed by atoms with Crippen molar-refractivity contribution >= 4 is 14.3 Å². The zero-order chi connectivity index (χ0) is 18.2. The number of hydrogen-bond donors (Lipinski definition) is 1. The predicted molar refractivity (Wildman–Crippen MR) is 101 cm³/mol. The number of nitrogens with one attached hydrogen (secondary N) is 1. The molecule has 1 aromatic rings. The standard InChI is InChI=1S/C19H33NO3Si/c1-7-22-18(21)17(15-23-24(5,6)19(2,3)4)14-20-13-16-11-9-8-10-12-16/h8-12,17,20H,7,13-15H2,1-6H3. The van der Waals surface area contributed by atoms with Gasteiger partial charge in [-0.05, 0) is 30.6 Å². The van der Waals surface area contributed by atoms with Crippen molar-refractivity contribution in [2.75, 3.05) is 19.8 Å². The number of carbonyl (C=O) groups excluding carboxylic acids is 1. The number of rotatable bonds is 9. The maximum atomic E-state index is 12.2. The first-order valence-electron chi connectivity index (χ1n) is 8.72. The van der Waals surface area contributed by atoms with Crippen molar-refractivity contribution in [3.8, 4) is 0 Å². The number of carbonyl (C=O) groups is 1. The van der Waals surface area contributed by atoms with E-state index in [-0.39, 0.29) is 16.9 Å². The molecule has 0 aliphatic heterocycles. The predicted octanol–water partition coefficient (Wildman–Crippen LogP) is 3.98. The van der Waals surface area contributed by atoms with E-state index < -0.39 is 8.32 Å². The normalized spacial score (nSPS) is 13.6. The molecule has 1 aromatic carbocycles. The van der Waals surface area contributed by atoms with Crippen molar-refractivity contribution in [3.63, 3.8) is 0 Å². The number of esters is 1. The topological polar surface area (TPSA) is 47.6 Å². The molecule has 0 heterocycles. The highest BCUT2D eigenvalue weighted by atomic mass is 28.4. The van der Waals surface area contributed by atoms with E-state index in [2.05, 4.69) is 51.3 Å². The van der Waals surface area contributed by atoms with E-state index in [1.807, 2.05) is 25.1 Å². The van der Waals surface area contributed by atoms with E-state index in [9.17, 15) is 4.79 Å². The molecule has 24 heavy (non-hydrogen) atoms. The van der Waals surface area contributed by atoms with E-state index in [1.54, 1.807) is 0 Å². The van der Waals surface area contributed by atoms with Gasteiger partial charge in [0.05, 0.1) is 12.5 Å². The highest BCUT2D eigenvalue weighted by Gasteiger charge is 2.38. The van der Waals surface area contributed by atoms with Gasteiger partial charge >= 0.3 is 5.97 Å². The van der Waals surface area contributed by atoms with Crippen LogP contribution in [0.2, 0.25) is 18.1 Å². The Morgan fingerprint density at radius 1 is 1.21 bits per heavy atom. The second-order valence-corrected chi connectivity index (χ2v) is 12.4. The fourth-order valence-corrected chi connectivity index (χ4v) is 3.03. The van der Waals surface area contributed by atoms with Crippen molar-refractivity contribution in [1.29, 1.82) is 0 Å². The lowest BCUT2D eigenvalue weighted by Gasteiger charge is -2.37. The lowest BCUT2D eigenvalue weighted by molar-refractivity contribution is -0.149. The average Bonchev–Trinajstić information content (AvgIpc) is 2.50. The van der Waals surface area contributed by atoms with Gasteiger partial charge in [0.15, 0.2) is 8.32 Å². The van der Waals surface area contributed by atoms with Gasteiger partial charge < -0.3 is 14.5 Å². The van der Waals surface area contributed by atoms with E-state index in [4.69, 9.17) is 9.16 Å². The van der Waals surface area contributed by atoms with Crippen LogP contribution in [-0.2, 0) is 20.5 Å². The summed E-state index contributed by atoms with van der Waals surface area (Å²) in [5, 5.41) is 3.48. The quantitative estimate of drug-likeness (QED) is 0.540. The first-order chi connectivity index (χ1) is 11.2. The second kappa shape index (κ2) is 9.35. The molecule has 0 aliphatic rings. The summed E-state index contributed by atoms with van der Waals surface area (Å²) in [6, 6.07) is 10.2. The lowest BCUT2D eigenvalue weighted by Crippen LogP contribution is -2.44. The highest BCUT2D eigenvalue weighted by molar-refractivity contribution is 6.74. The van der Waals surface area contributed by atoms with Crippen LogP contribution in [0.15, 0.2) is 30.3 Å². The minimum absolute atomic E-state index is 0.129. The molecule has 0 amide bonds. The summed E-state index contributed by atoms with van der Waals surface area (Å²) in [5.74, 6) is -0.459. The Balaban J connectivity index is 2.59. The van der Waals surface area contributed by atoms with Crippen LogP contribution in [0.4, 0.5) is 0 Å². The molecule has 5 heteroatoms. The van der Waals surface area contributed by atoms with Gasteiger partial charge in [-0.3, -0.25) is 4.79 Å². The van der Waals surface area contributed by atoms with Gasteiger partial charge in [-0.2, -0.15) is 0 Å². The zero-order valence-electron chi connectivity index (χ0n) is 16.0. The van der Waals surface area contributed by atoms with Crippen LogP contribution in [0, 0.1) is 5.92 Å². The van der Waals surface area contributed by atoms with E-state index in [1.165, 1.54) is 5.56 Å². The van der Waals surface area contributed by atoms with Gasteiger partial charge in [0.25, 0.3) is 0 Å². The van der Waals surface area contributed by atoms with Crippen LogP contribution in [0.1, 0.15) is 33.3 Å². The molecule has 1 atom stereocenters. The molecule has 136 valence electrons. The fraction of sp³-hybridized carbons (Fsp3) is 0.632. The molecule has 4 nitrogen and oxygen atoms in total. The molecule has 0 spiro atoms. The molecule has 1 N–H and O–H groups in total. The summed E-state index contributed by atoms with van der Waals surface area (Å²) in [6.07, 6.45) is 0. The van der Waals surface area contributed by atoms with Crippen molar-refractivity contribution in [2.24, 2.45) is 5.92 Å². The van der Waals surface area contributed by atoms with Gasteiger partial charge in [0.2, 0.25) is 0 Å². The van der Waals surface area contributed by atoms with Gasteiger partial charge in [-0.1, -0.05) is 51.1 Å². The summed E-state index contributed by atoms with van der Waals surface area (Å²) in [5.41, 5.74) is 1.20. The van der Waals surface area contributed by atoms with Gasteiger partial charge in [-0.25, -0.2) is 0 Å².